The zero-order chi connectivity index (χ0) is 14.0. The molecule has 0 radical (unpaired) electrons. The molecule has 0 N–H and O–H groups in total. The molecule has 0 aliphatic heterocycles. The Hall–Kier alpha value is -2.10. The van der Waals surface area contributed by atoms with Crippen LogP contribution in [0.15, 0.2) is 36.5 Å². The minimum absolute atomic E-state index is 0.371. The summed E-state index contributed by atoms with van der Waals surface area (Å²) in [4.78, 5) is 17.9. The predicted octanol–water partition coefficient (Wildman–Crippen LogP) is 3.61. The number of hydrogen-bond acceptors (Lipinski definition) is 3. The number of nitrogens with zero attached hydrogens (tertiary/aromatic N) is 2. The minimum Gasteiger partial charge on any atom is -0.443 e. The van der Waals surface area contributed by atoms with Crippen molar-refractivity contribution in [1.29, 1.82) is 0 Å². The lowest BCUT2D eigenvalue weighted by Crippen LogP contribution is -2.34. The van der Waals surface area contributed by atoms with Crippen molar-refractivity contribution < 1.29 is 9.53 Å². The average molecular weight is 258 g/mol. The number of benzene rings is 1. The topological polar surface area (TPSA) is 42.4 Å². The van der Waals surface area contributed by atoms with Crippen LogP contribution in [0.1, 0.15) is 20.8 Å². The van der Waals surface area contributed by atoms with Crippen LogP contribution in [0.4, 0.5) is 10.5 Å². The first-order valence-electron chi connectivity index (χ1n) is 6.19. The van der Waals surface area contributed by atoms with E-state index in [2.05, 4.69) is 4.98 Å². The van der Waals surface area contributed by atoms with Crippen LogP contribution in [0.3, 0.4) is 0 Å². The zero-order valence-corrected chi connectivity index (χ0v) is 11.7. The van der Waals surface area contributed by atoms with Crippen LogP contribution >= 0.6 is 0 Å². The minimum atomic E-state index is -0.506. The van der Waals surface area contributed by atoms with E-state index in [1.165, 1.54) is 4.90 Å². The predicted molar refractivity (Wildman–Crippen MR) is 76.4 cm³/mol. The summed E-state index contributed by atoms with van der Waals surface area (Å²) in [6.45, 7) is 5.55. The number of pyridine rings is 1. The monoisotopic (exact) mass is 258 g/mol. The molecule has 1 aromatic heterocycles. The molecule has 4 nitrogen and oxygen atoms in total. The van der Waals surface area contributed by atoms with Gasteiger partial charge in [-0.3, -0.25) is 9.88 Å². The lowest BCUT2D eigenvalue weighted by Gasteiger charge is -2.25. The Balaban J connectivity index is 2.36. The molecule has 4 heteroatoms. The molecule has 19 heavy (non-hydrogen) atoms. The lowest BCUT2D eigenvalue weighted by atomic mass is 10.1. The van der Waals surface area contributed by atoms with Gasteiger partial charge < -0.3 is 4.74 Å². The maximum atomic E-state index is 12.1. The van der Waals surface area contributed by atoms with Crippen molar-refractivity contribution in [3.63, 3.8) is 0 Å². The van der Waals surface area contributed by atoms with E-state index in [0.29, 0.717) is 0 Å². The van der Waals surface area contributed by atoms with Crippen LogP contribution in [0, 0.1) is 0 Å². The van der Waals surface area contributed by atoms with Crippen LogP contribution in [-0.4, -0.2) is 23.7 Å². The van der Waals surface area contributed by atoms with Gasteiger partial charge in [-0.15, -0.1) is 0 Å². The second-order valence-electron chi connectivity index (χ2n) is 5.39. The highest BCUT2D eigenvalue weighted by atomic mass is 16.6. The van der Waals surface area contributed by atoms with Crippen molar-refractivity contribution in [2.24, 2.45) is 0 Å². The standard InChI is InChI=1S/C15H18N2O2/c1-15(2,3)19-14(18)17(4)13-9-5-8-12-11(13)7-6-10-16-12/h5-10H,1-4H3. The van der Waals surface area contributed by atoms with Crippen molar-refractivity contribution in [2.75, 3.05) is 11.9 Å². The third-order valence-corrected chi connectivity index (χ3v) is 2.65. The van der Waals surface area contributed by atoms with Gasteiger partial charge in [0.15, 0.2) is 0 Å². The Labute approximate surface area is 113 Å². The fourth-order valence-electron chi connectivity index (χ4n) is 1.81. The van der Waals surface area contributed by atoms with Crippen LogP contribution in [0.2, 0.25) is 0 Å². The number of ether oxygens (including phenoxy) is 1. The molecule has 0 aliphatic rings. The molecule has 1 amide bonds. The molecule has 1 heterocycles. The first kappa shape index (κ1) is 13.3. The summed E-state index contributed by atoms with van der Waals surface area (Å²) < 4.78 is 5.37. The smallest absolute Gasteiger partial charge is 0.414 e. The Morgan fingerprint density at radius 3 is 2.63 bits per heavy atom. The van der Waals surface area contributed by atoms with Gasteiger partial charge in [0.25, 0.3) is 0 Å². The molecule has 1 aromatic carbocycles. The van der Waals surface area contributed by atoms with Gasteiger partial charge >= 0.3 is 6.09 Å². The first-order valence-corrected chi connectivity index (χ1v) is 6.19. The summed E-state index contributed by atoms with van der Waals surface area (Å²) >= 11 is 0. The molecule has 2 aromatic rings. The summed E-state index contributed by atoms with van der Waals surface area (Å²) in [5, 5.41) is 0.929. The molecule has 0 saturated carbocycles. The van der Waals surface area contributed by atoms with E-state index >= 15 is 0 Å². The van der Waals surface area contributed by atoms with E-state index in [1.54, 1.807) is 13.2 Å². The number of hydrogen-bond donors (Lipinski definition) is 0. The number of carbonyl (C=O) groups excluding carboxylic acids is 1. The molecule has 0 bridgehead atoms. The van der Waals surface area contributed by atoms with E-state index in [-0.39, 0.29) is 6.09 Å². The summed E-state index contributed by atoms with van der Waals surface area (Å²) in [5.41, 5.74) is 1.14. The molecular formula is C15H18N2O2. The molecular weight excluding hydrogens is 240 g/mol. The molecule has 100 valence electrons. The van der Waals surface area contributed by atoms with Crippen molar-refractivity contribution >= 4 is 22.7 Å². The summed E-state index contributed by atoms with van der Waals surface area (Å²) in [5.74, 6) is 0. The number of fused-ring (bicyclic) bond motifs is 1. The van der Waals surface area contributed by atoms with Crippen molar-refractivity contribution in [2.45, 2.75) is 26.4 Å². The quantitative estimate of drug-likeness (QED) is 0.784. The maximum Gasteiger partial charge on any atom is 0.414 e. The van der Waals surface area contributed by atoms with Gasteiger partial charge in [-0.1, -0.05) is 6.07 Å². The van der Waals surface area contributed by atoms with Crippen LogP contribution in [0.5, 0.6) is 0 Å². The van der Waals surface area contributed by atoms with E-state index < -0.39 is 5.60 Å². The summed E-state index contributed by atoms with van der Waals surface area (Å²) in [6, 6.07) is 9.48. The maximum absolute atomic E-state index is 12.1. The van der Waals surface area contributed by atoms with Gasteiger partial charge in [0.1, 0.15) is 5.60 Å². The van der Waals surface area contributed by atoms with Crippen LogP contribution in [0.25, 0.3) is 10.9 Å². The fraction of sp³-hybridized carbons (Fsp3) is 0.333. The summed E-state index contributed by atoms with van der Waals surface area (Å²) in [7, 11) is 1.70. The highest BCUT2D eigenvalue weighted by Crippen LogP contribution is 2.25. The van der Waals surface area contributed by atoms with Crippen LogP contribution < -0.4 is 4.90 Å². The first-order chi connectivity index (χ1) is 8.88. The van der Waals surface area contributed by atoms with Gasteiger partial charge in [-0.05, 0) is 45.0 Å². The third kappa shape index (κ3) is 3.02. The van der Waals surface area contributed by atoms with E-state index in [0.717, 1.165) is 16.6 Å². The molecule has 0 aliphatic carbocycles. The largest absolute Gasteiger partial charge is 0.443 e. The second-order valence-corrected chi connectivity index (χ2v) is 5.39. The van der Waals surface area contributed by atoms with Crippen molar-refractivity contribution in [1.82, 2.24) is 4.98 Å². The van der Waals surface area contributed by atoms with E-state index in [1.807, 2.05) is 51.1 Å². The van der Waals surface area contributed by atoms with Gasteiger partial charge in [0.05, 0.1) is 11.2 Å². The molecule has 0 unspecified atom stereocenters. The highest BCUT2D eigenvalue weighted by Gasteiger charge is 2.21. The lowest BCUT2D eigenvalue weighted by molar-refractivity contribution is 0.0590. The van der Waals surface area contributed by atoms with E-state index in [4.69, 9.17) is 4.74 Å². The van der Waals surface area contributed by atoms with E-state index in [9.17, 15) is 4.79 Å². The Kier molecular flexibility index (Phi) is 3.42. The zero-order valence-electron chi connectivity index (χ0n) is 11.7. The molecule has 0 spiro atoms. The van der Waals surface area contributed by atoms with Gasteiger partial charge in [-0.25, -0.2) is 4.79 Å². The number of anilines is 1. The number of rotatable bonds is 1. The molecule has 0 atom stereocenters. The molecule has 0 saturated heterocycles. The third-order valence-electron chi connectivity index (χ3n) is 2.65. The molecule has 2 rings (SSSR count). The Morgan fingerprint density at radius 1 is 1.21 bits per heavy atom. The SMILES string of the molecule is CN(C(=O)OC(C)(C)C)c1cccc2ncccc12. The van der Waals surface area contributed by atoms with Crippen LogP contribution in [-0.2, 0) is 4.74 Å². The summed E-state index contributed by atoms with van der Waals surface area (Å²) in [6.07, 6.45) is 1.36. The normalized spacial score (nSPS) is 11.4. The second kappa shape index (κ2) is 4.88. The van der Waals surface area contributed by atoms with Crippen molar-refractivity contribution in [3.8, 4) is 0 Å². The van der Waals surface area contributed by atoms with Gasteiger partial charge in [0, 0.05) is 18.6 Å². The van der Waals surface area contributed by atoms with Gasteiger partial charge in [-0.2, -0.15) is 0 Å². The molecule has 0 fully saturated rings. The number of amides is 1. The average Bonchev–Trinajstić information content (AvgIpc) is 2.35. The highest BCUT2D eigenvalue weighted by molar-refractivity contribution is 5.99. The Morgan fingerprint density at radius 2 is 1.95 bits per heavy atom. The number of aromatic nitrogens is 1. The fourth-order valence-corrected chi connectivity index (χ4v) is 1.81. The van der Waals surface area contributed by atoms with Crippen molar-refractivity contribution in [3.05, 3.63) is 36.5 Å². The number of carbonyl (C=O) groups is 1. The Bertz CT molecular complexity index is 597. The van der Waals surface area contributed by atoms with Gasteiger partial charge in [0.2, 0.25) is 0 Å².